The molecule has 1 amide bonds. The molecule has 0 saturated carbocycles. The van der Waals surface area contributed by atoms with E-state index in [0.29, 0.717) is 22.8 Å². The van der Waals surface area contributed by atoms with Gasteiger partial charge in [-0.05, 0) is 43.2 Å². The summed E-state index contributed by atoms with van der Waals surface area (Å²) in [6, 6.07) is 16.6. The second-order valence-corrected chi connectivity index (χ2v) is 6.38. The Kier molecular flexibility index (Phi) is 5.56. The van der Waals surface area contributed by atoms with Crippen LogP contribution >= 0.6 is 0 Å². The number of nitro benzene ring substituents is 1. The van der Waals surface area contributed by atoms with Crippen LogP contribution in [0, 0.1) is 35.3 Å². The smallest absolute Gasteiger partial charge is 0.270 e. The lowest BCUT2D eigenvalue weighted by molar-refractivity contribution is -0.384. The number of non-ortho nitro benzene ring substituents is 1. The molecule has 1 aromatic heterocycles. The topological polar surface area (TPSA) is 109 Å². The van der Waals surface area contributed by atoms with Gasteiger partial charge in [0.05, 0.1) is 4.92 Å². The SMILES string of the molecule is Cc1cccc(NC(=O)/C(C#N)=C/c2ccc(-c3cccc([N+](=O)[O-])c3)o2)c1C. The molecule has 144 valence electrons. The van der Waals surface area contributed by atoms with Crippen LogP contribution < -0.4 is 5.32 Å². The lowest BCUT2D eigenvalue weighted by Crippen LogP contribution is -2.14. The van der Waals surface area contributed by atoms with Gasteiger partial charge in [0.1, 0.15) is 23.2 Å². The molecule has 1 N–H and O–H groups in total. The number of hydrogen-bond acceptors (Lipinski definition) is 5. The fraction of sp³-hybridized carbons (Fsp3) is 0.0909. The molecule has 0 unspecified atom stereocenters. The quantitative estimate of drug-likeness (QED) is 0.286. The summed E-state index contributed by atoms with van der Waals surface area (Å²) in [5.74, 6) is 0.140. The van der Waals surface area contributed by atoms with Crippen LogP contribution in [-0.2, 0) is 4.79 Å². The molecule has 7 nitrogen and oxygen atoms in total. The zero-order chi connectivity index (χ0) is 21.0. The van der Waals surface area contributed by atoms with Crippen molar-refractivity contribution in [2.24, 2.45) is 0 Å². The van der Waals surface area contributed by atoms with Crippen molar-refractivity contribution >= 4 is 23.4 Å². The number of furan rings is 1. The number of nitro groups is 1. The van der Waals surface area contributed by atoms with Crippen LogP contribution in [0.15, 0.2) is 64.6 Å². The van der Waals surface area contributed by atoms with E-state index in [1.54, 1.807) is 30.3 Å². The Morgan fingerprint density at radius 3 is 2.66 bits per heavy atom. The largest absolute Gasteiger partial charge is 0.457 e. The minimum absolute atomic E-state index is 0.0541. The van der Waals surface area contributed by atoms with Gasteiger partial charge in [-0.2, -0.15) is 5.26 Å². The van der Waals surface area contributed by atoms with Crippen molar-refractivity contribution in [1.82, 2.24) is 0 Å². The van der Waals surface area contributed by atoms with Gasteiger partial charge in [-0.25, -0.2) is 0 Å². The average Bonchev–Trinajstić information content (AvgIpc) is 3.18. The molecule has 0 aliphatic rings. The molecule has 0 aliphatic heterocycles. The van der Waals surface area contributed by atoms with E-state index >= 15 is 0 Å². The summed E-state index contributed by atoms with van der Waals surface area (Å²) in [5.41, 5.74) is 2.93. The zero-order valence-electron chi connectivity index (χ0n) is 15.8. The minimum atomic E-state index is -0.547. The summed E-state index contributed by atoms with van der Waals surface area (Å²) in [4.78, 5) is 22.9. The number of rotatable bonds is 5. The molecule has 1 heterocycles. The Labute approximate surface area is 167 Å². The Balaban J connectivity index is 1.84. The van der Waals surface area contributed by atoms with Crippen molar-refractivity contribution in [2.45, 2.75) is 13.8 Å². The molecule has 0 saturated heterocycles. The second-order valence-electron chi connectivity index (χ2n) is 6.38. The number of hydrogen-bond donors (Lipinski definition) is 1. The molecular weight excluding hydrogens is 370 g/mol. The Morgan fingerprint density at radius 1 is 1.17 bits per heavy atom. The maximum absolute atomic E-state index is 12.5. The first kappa shape index (κ1) is 19.6. The molecule has 0 radical (unpaired) electrons. The van der Waals surface area contributed by atoms with Gasteiger partial charge >= 0.3 is 0 Å². The zero-order valence-corrected chi connectivity index (χ0v) is 15.8. The van der Waals surface area contributed by atoms with Crippen molar-refractivity contribution < 1.29 is 14.1 Å². The van der Waals surface area contributed by atoms with E-state index < -0.39 is 10.8 Å². The number of nitrogens with zero attached hydrogens (tertiary/aromatic N) is 2. The molecule has 3 aromatic rings. The van der Waals surface area contributed by atoms with Crippen molar-refractivity contribution in [1.29, 1.82) is 5.26 Å². The minimum Gasteiger partial charge on any atom is -0.457 e. The Hall–Kier alpha value is -4.18. The van der Waals surface area contributed by atoms with Gasteiger partial charge in [-0.1, -0.05) is 24.3 Å². The van der Waals surface area contributed by atoms with Crippen LogP contribution in [0.2, 0.25) is 0 Å². The van der Waals surface area contributed by atoms with Gasteiger partial charge in [-0.3, -0.25) is 14.9 Å². The molecule has 0 aliphatic carbocycles. The van der Waals surface area contributed by atoms with Gasteiger partial charge in [0.2, 0.25) is 0 Å². The highest BCUT2D eigenvalue weighted by atomic mass is 16.6. The summed E-state index contributed by atoms with van der Waals surface area (Å²) < 4.78 is 5.65. The van der Waals surface area contributed by atoms with Gasteiger partial charge in [0.25, 0.3) is 11.6 Å². The van der Waals surface area contributed by atoms with Crippen LogP contribution in [0.4, 0.5) is 11.4 Å². The first-order valence-corrected chi connectivity index (χ1v) is 8.73. The molecule has 29 heavy (non-hydrogen) atoms. The molecule has 3 rings (SSSR count). The second kappa shape index (κ2) is 8.23. The highest BCUT2D eigenvalue weighted by molar-refractivity contribution is 6.09. The highest BCUT2D eigenvalue weighted by Crippen LogP contribution is 2.27. The monoisotopic (exact) mass is 387 g/mol. The summed E-state index contributed by atoms with van der Waals surface area (Å²) in [7, 11) is 0. The van der Waals surface area contributed by atoms with Crippen LogP contribution in [0.5, 0.6) is 0 Å². The molecule has 0 spiro atoms. The van der Waals surface area contributed by atoms with Crippen molar-refractivity contribution in [3.8, 4) is 17.4 Å². The van der Waals surface area contributed by atoms with Crippen LogP contribution in [0.25, 0.3) is 17.4 Å². The number of amides is 1. The molecule has 0 bridgehead atoms. The van der Waals surface area contributed by atoms with E-state index in [0.717, 1.165) is 11.1 Å². The number of carbonyl (C=O) groups excluding carboxylic acids is 1. The van der Waals surface area contributed by atoms with Gasteiger partial charge in [-0.15, -0.1) is 0 Å². The van der Waals surface area contributed by atoms with E-state index in [1.165, 1.54) is 18.2 Å². The van der Waals surface area contributed by atoms with E-state index in [4.69, 9.17) is 4.42 Å². The molecule has 7 heteroatoms. The van der Waals surface area contributed by atoms with E-state index in [1.807, 2.05) is 32.0 Å². The van der Waals surface area contributed by atoms with Crippen LogP contribution in [0.3, 0.4) is 0 Å². The number of carbonyl (C=O) groups is 1. The summed E-state index contributed by atoms with van der Waals surface area (Å²) in [6.45, 7) is 3.82. The van der Waals surface area contributed by atoms with Crippen molar-refractivity contribution in [2.75, 3.05) is 5.32 Å². The molecule has 0 fully saturated rings. The standard InChI is InChI=1S/C22H17N3O4/c1-14-5-3-8-20(15(14)2)24-22(26)17(13-23)12-19-9-10-21(29-19)16-6-4-7-18(11-16)25(27)28/h3-12H,1-2H3,(H,24,26)/b17-12+. The number of nitriles is 1. The first-order chi connectivity index (χ1) is 13.9. The van der Waals surface area contributed by atoms with Gasteiger partial charge < -0.3 is 9.73 Å². The third-order valence-electron chi connectivity index (χ3n) is 4.47. The number of benzene rings is 2. The maximum Gasteiger partial charge on any atom is 0.270 e. The highest BCUT2D eigenvalue weighted by Gasteiger charge is 2.14. The fourth-order valence-corrected chi connectivity index (χ4v) is 2.73. The number of nitrogens with one attached hydrogen (secondary N) is 1. The first-order valence-electron chi connectivity index (χ1n) is 8.73. The molecule has 0 atom stereocenters. The van der Waals surface area contributed by atoms with Crippen LogP contribution in [0.1, 0.15) is 16.9 Å². The van der Waals surface area contributed by atoms with Gasteiger partial charge in [0.15, 0.2) is 0 Å². The van der Waals surface area contributed by atoms with Gasteiger partial charge in [0, 0.05) is 29.5 Å². The normalized spacial score (nSPS) is 11.0. The van der Waals surface area contributed by atoms with Crippen LogP contribution in [-0.4, -0.2) is 10.8 Å². The predicted octanol–water partition coefficient (Wildman–Crippen LogP) is 5.02. The van der Waals surface area contributed by atoms with E-state index in [2.05, 4.69) is 5.32 Å². The Morgan fingerprint density at radius 2 is 1.93 bits per heavy atom. The third kappa shape index (κ3) is 4.39. The lowest BCUT2D eigenvalue weighted by Gasteiger charge is -2.09. The van der Waals surface area contributed by atoms with E-state index in [9.17, 15) is 20.2 Å². The molecule has 2 aromatic carbocycles. The fourth-order valence-electron chi connectivity index (χ4n) is 2.73. The predicted molar refractivity (Wildman–Crippen MR) is 109 cm³/mol. The number of anilines is 1. The third-order valence-corrected chi connectivity index (χ3v) is 4.47. The molecular formula is C22H17N3O4. The summed E-state index contributed by atoms with van der Waals surface area (Å²) in [5, 5.41) is 23.0. The van der Waals surface area contributed by atoms with Crippen molar-refractivity contribution in [3.63, 3.8) is 0 Å². The van der Waals surface area contributed by atoms with E-state index in [-0.39, 0.29) is 11.3 Å². The summed E-state index contributed by atoms with van der Waals surface area (Å²) >= 11 is 0. The van der Waals surface area contributed by atoms with Crippen molar-refractivity contribution in [3.05, 3.63) is 87.2 Å². The Bertz CT molecular complexity index is 1170. The maximum atomic E-state index is 12.5. The summed E-state index contributed by atoms with van der Waals surface area (Å²) in [6.07, 6.45) is 1.33. The number of aryl methyl sites for hydroxylation is 1. The average molecular weight is 387 g/mol. The lowest BCUT2D eigenvalue weighted by atomic mass is 10.1.